The van der Waals surface area contributed by atoms with E-state index in [2.05, 4.69) is 13.8 Å². The van der Waals surface area contributed by atoms with Crippen molar-refractivity contribution < 1.29 is 14.6 Å². The molecule has 0 aromatic heterocycles. The van der Waals surface area contributed by atoms with Crippen molar-refractivity contribution in [2.75, 3.05) is 6.26 Å². The fraction of sp³-hybridized carbons (Fsp3) is 0.562. The van der Waals surface area contributed by atoms with Gasteiger partial charge in [0.05, 0.1) is 6.10 Å². The molecule has 4 heteroatoms. The lowest BCUT2D eigenvalue weighted by Gasteiger charge is -2.32. The minimum atomic E-state index is -0.915. The van der Waals surface area contributed by atoms with E-state index in [9.17, 15) is 9.90 Å². The second-order valence-corrected chi connectivity index (χ2v) is 6.49. The van der Waals surface area contributed by atoms with Crippen LogP contribution >= 0.6 is 11.8 Å². The van der Waals surface area contributed by atoms with E-state index >= 15 is 0 Å². The predicted octanol–water partition coefficient (Wildman–Crippen LogP) is 4.31. The van der Waals surface area contributed by atoms with Gasteiger partial charge in [0, 0.05) is 4.90 Å². The Hall–Kier alpha value is -1.16. The number of aromatic carboxylic acids is 1. The van der Waals surface area contributed by atoms with Gasteiger partial charge in [0.2, 0.25) is 0 Å². The first-order chi connectivity index (χ1) is 9.52. The Labute approximate surface area is 124 Å². The van der Waals surface area contributed by atoms with Gasteiger partial charge in [0.1, 0.15) is 11.3 Å². The molecule has 1 aliphatic rings. The third kappa shape index (κ3) is 3.29. The highest BCUT2D eigenvalue weighted by Crippen LogP contribution is 2.34. The Morgan fingerprint density at radius 3 is 2.65 bits per heavy atom. The van der Waals surface area contributed by atoms with Gasteiger partial charge in [-0.05, 0) is 49.5 Å². The van der Waals surface area contributed by atoms with Crippen LogP contribution in [-0.4, -0.2) is 23.4 Å². The summed E-state index contributed by atoms with van der Waals surface area (Å²) >= 11 is 1.44. The highest BCUT2D eigenvalue weighted by molar-refractivity contribution is 7.98. The Balaban J connectivity index is 2.19. The van der Waals surface area contributed by atoms with Crippen LogP contribution in [0.4, 0.5) is 0 Å². The molecule has 0 saturated heterocycles. The molecule has 0 bridgehead atoms. The summed E-state index contributed by atoms with van der Waals surface area (Å²) in [4.78, 5) is 12.2. The fourth-order valence-electron chi connectivity index (χ4n) is 2.77. The second kappa shape index (κ2) is 6.53. The molecule has 0 heterocycles. The number of benzene rings is 1. The van der Waals surface area contributed by atoms with Crippen molar-refractivity contribution >= 4 is 17.7 Å². The van der Waals surface area contributed by atoms with Crippen LogP contribution in [0, 0.1) is 11.8 Å². The molecule has 3 unspecified atom stereocenters. The van der Waals surface area contributed by atoms with Gasteiger partial charge >= 0.3 is 5.97 Å². The summed E-state index contributed by atoms with van der Waals surface area (Å²) in [6, 6.07) is 5.46. The summed E-state index contributed by atoms with van der Waals surface area (Å²) in [5, 5.41) is 9.41. The quantitative estimate of drug-likeness (QED) is 0.841. The number of ether oxygens (including phenoxy) is 1. The van der Waals surface area contributed by atoms with E-state index < -0.39 is 5.97 Å². The Morgan fingerprint density at radius 2 is 2.05 bits per heavy atom. The van der Waals surface area contributed by atoms with Crippen LogP contribution in [0.3, 0.4) is 0 Å². The average molecular weight is 294 g/mol. The van der Waals surface area contributed by atoms with Crippen molar-refractivity contribution in [3.05, 3.63) is 23.8 Å². The Bertz CT molecular complexity index is 487. The molecule has 1 aliphatic carbocycles. The number of carbonyl (C=O) groups is 1. The molecular formula is C16H22O3S. The standard InChI is InChI=1S/C16H22O3S/c1-10-7-8-12(9-11(10)2)19-13-5-4-6-14(20-3)15(13)16(17)18/h4-6,10-12H,7-9H2,1-3H3,(H,17,18). The van der Waals surface area contributed by atoms with Gasteiger partial charge in [-0.15, -0.1) is 11.8 Å². The molecule has 0 amide bonds. The molecule has 3 atom stereocenters. The first kappa shape index (κ1) is 15.2. The lowest BCUT2D eigenvalue weighted by Crippen LogP contribution is -2.29. The van der Waals surface area contributed by atoms with Gasteiger partial charge in [-0.3, -0.25) is 0 Å². The SMILES string of the molecule is CSc1cccc(OC2CCC(C)C(C)C2)c1C(=O)O. The third-order valence-electron chi connectivity index (χ3n) is 4.27. The van der Waals surface area contributed by atoms with Gasteiger partial charge in [0.25, 0.3) is 0 Å². The molecule has 0 spiro atoms. The van der Waals surface area contributed by atoms with Crippen LogP contribution in [0.1, 0.15) is 43.5 Å². The zero-order valence-electron chi connectivity index (χ0n) is 12.3. The summed E-state index contributed by atoms with van der Waals surface area (Å²) < 4.78 is 6.01. The maximum atomic E-state index is 11.5. The first-order valence-corrected chi connectivity index (χ1v) is 8.32. The zero-order valence-corrected chi connectivity index (χ0v) is 13.1. The smallest absolute Gasteiger partial charge is 0.340 e. The Kier molecular flexibility index (Phi) is 4.97. The van der Waals surface area contributed by atoms with E-state index in [0.29, 0.717) is 17.2 Å². The average Bonchev–Trinajstić information content (AvgIpc) is 2.42. The van der Waals surface area contributed by atoms with Crippen molar-refractivity contribution in [2.24, 2.45) is 11.8 Å². The molecular weight excluding hydrogens is 272 g/mol. The normalized spacial score (nSPS) is 26.2. The summed E-state index contributed by atoms with van der Waals surface area (Å²) in [6.07, 6.45) is 5.18. The van der Waals surface area contributed by atoms with E-state index in [1.807, 2.05) is 18.4 Å². The number of hydrogen-bond donors (Lipinski definition) is 1. The molecule has 1 saturated carbocycles. The zero-order chi connectivity index (χ0) is 14.7. The van der Waals surface area contributed by atoms with Crippen LogP contribution in [0.25, 0.3) is 0 Å². The topological polar surface area (TPSA) is 46.5 Å². The van der Waals surface area contributed by atoms with Crippen LogP contribution in [-0.2, 0) is 0 Å². The molecule has 1 aromatic carbocycles. The van der Waals surface area contributed by atoms with Gasteiger partial charge in [-0.25, -0.2) is 4.79 Å². The van der Waals surface area contributed by atoms with Gasteiger partial charge < -0.3 is 9.84 Å². The summed E-state index contributed by atoms with van der Waals surface area (Å²) in [5.41, 5.74) is 0.297. The number of rotatable bonds is 4. The molecule has 1 fully saturated rings. The van der Waals surface area contributed by atoms with Gasteiger partial charge in [-0.1, -0.05) is 19.9 Å². The van der Waals surface area contributed by atoms with Gasteiger partial charge in [0.15, 0.2) is 0 Å². The van der Waals surface area contributed by atoms with E-state index in [0.717, 1.165) is 30.1 Å². The summed E-state index contributed by atoms with van der Waals surface area (Å²) in [7, 11) is 0. The van der Waals surface area contributed by atoms with Crippen LogP contribution in [0.2, 0.25) is 0 Å². The van der Waals surface area contributed by atoms with Crippen LogP contribution < -0.4 is 4.74 Å². The molecule has 1 N–H and O–H groups in total. The first-order valence-electron chi connectivity index (χ1n) is 7.09. The molecule has 1 aromatic rings. The van der Waals surface area contributed by atoms with Crippen molar-refractivity contribution in [3.8, 4) is 5.75 Å². The molecule has 0 radical (unpaired) electrons. The van der Waals surface area contributed by atoms with Crippen molar-refractivity contribution in [3.63, 3.8) is 0 Å². The van der Waals surface area contributed by atoms with Crippen LogP contribution in [0.5, 0.6) is 5.75 Å². The molecule has 110 valence electrons. The largest absolute Gasteiger partial charge is 0.489 e. The number of thioether (sulfide) groups is 1. The third-order valence-corrected chi connectivity index (χ3v) is 5.05. The molecule has 2 rings (SSSR count). The van der Waals surface area contributed by atoms with Crippen molar-refractivity contribution in [1.29, 1.82) is 0 Å². The number of carboxylic acid groups (broad SMARTS) is 1. The highest BCUT2D eigenvalue weighted by Gasteiger charge is 2.27. The maximum absolute atomic E-state index is 11.5. The van der Waals surface area contributed by atoms with Crippen molar-refractivity contribution in [1.82, 2.24) is 0 Å². The van der Waals surface area contributed by atoms with E-state index in [1.54, 1.807) is 6.07 Å². The second-order valence-electron chi connectivity index (χ2n) is 5.65. The van der Waals surface area contributed by atoms with Gasteiger partial charge in [-0.2, -0.15) is 0 Å². The van der Waals surface area contributed by atoms with E-state index in [1.165, 1.54) is 11.8 Å². The van der Waals surface area contributed by atoms with Crippen molar-refractivity contribution in [2.45, 2.75) is 44.1 Å². The summed E-state index contributed by atoms with van der Waals surface area (Å²) in [6.45, 7) is 4.52. The molecule has 20 heavy (non-hydrogen) atoms. The number of hydrogen-bond acceptors (Lipinski definition) is 3. The molecule has 0 aliphatic heterocycles. The molecule has 3 nitrogen and oxygen atoms in total. The lowest BCUT2D eigenvalue weighted by atomic mass is 9.80. The fourth-order valence-corrected chi connectivity index (χ4v) is 3.38. The van der Waals surface area contributed by atoms with Crippen LogP contribution in [0.15, 0.2) is 23.1 Å². The minimum absolute atomic E-state index is 0.136. The minimum Gasteiger partial charge on any atom is -0.489 e. The predicted molar refractivity (Wildman–Crippen MR) is 81.8 cm³/mol. The monoisotopic (exact) mass is 294 g/mol. The maximum Gasteiger partial charge on any atom is 0.340 e. The summed E-state index contributed by atoms with van der Waals surface area (Å²) in [5.74, 6) is 0.954. The number of carboxylic acids is 1. The lowest BCUT2D eigenvalue weighted by molar-refractivity contribution is 0.0670. The van der Waals surface area contributed by atoms with E-state index in [4.69, 9.17) is 4.74 Å². The van der Waals surface area contributed by atoms with E-state index in [-0.39, 0.29) is 6.10 Å². The Morgan fingerprint density at radius 1 is 1.30 bits per heavy atom. The highest BCUT2D eigenvalue weighted by atomic mass is 32.2.